The van der Waals surface area contributed by atoms with Gasteiger partial charge in [-0.25, -0.2) is 18.6 Å². The summed E-state index contributed by atoms with van der Waals surface area (Å²) in [6.07, 6.45) is 1.39. The molecule has 22 heavy (non-hydrogen) atoms. The highest BCUT2D eigenvalue weighted by Gasteiger charge is 2.22. The summed E-state index contributed by atoms with van der Waals surface area (Å²) in [6, 6.07) is 2.21. The van der Waals surface area contributed by atoms with Gasteiger partial charge in [-0.3, -0.25) is 4.57 Å². The summed E-state index contributed by atoms with van der Waals surface area (Å²) < 4.78 is 35.0. The fourth-order valence-corrected chi connectivity index (χ4v) is 2.40. The van der Waals surface area contributed by atoms with Gasteiger partial charge in [0.05, 0.1) is 18.4 Å². The predicted molar refractivity (Wildman–Crippen MR) is 80.2 cm³/mol. The molecule has 0 saturated heterocycles. The minimum absolute atomic E-state index is 0.0400. The van der Waals surface area contributed by atoms with Crippen molar-refractivity contribution in [3.8, 4) is 17.0 Å². The number of halogens is 2. The highest BCUT2D eigenvalue weighted by Crippen LogP contribution is 2.33. The Bertz CT molecular complexity index is 731. The van der Waals surface area contributed by atoms with Gasteiger partial charge in [-0.05, 0) is 18.4 Å². The van der Waals surface area contributed by atoms with E-state index >= 15 is 0 Å². The third-order valence-corrected chi connectivity index (χ3v) is 3.51. The molecule has 0 bridgehead atoms. The maximum absolute atomic E-state index is 14.4. The van der Waals surface area contributed by atoms with E-state index in [0.717, 1.165) is 12.1 Å². The maximum Gasteiger partial charge on any atom is 0.347 e. The van der Waals surface area contributed by atoms with E-state index in [-0.39, 0.29) is 29.5 Å². The SMILES string of the molecule is CCn1c(-c2c(F)cc(OC)cc2F)c(C(C)C)cnc1=O. The molecule has 0 fully saturated rings. The Hall–Kier alpha value is -2.24. The number of methoxy groups -OCH3 is 1. The first-order valence-electron chi connectivity index (χ1n) is 7.03. The molecule has 1 heterocycles. The molecule has 0 spiro atoms. The van der Waals surface area contributed by atoms with Gasteiger partial charge >= 0.3 is 5.69 Å². The van der Waals surface area contributed by atoms with Crippen LogP contribution in [0.3, 0.4) is 0 Å². The van der Waals surface area contributed by atoms with Gasteiger partial charge in [0.25, 0.3) is 0 Å². The first kappa shape index (κ1) is 16.1. The molecule has 0 aliphatic carbocycles. The van der Waals surface area contributed by atoms with Gasteiger partial charge in [-0.2, -0.15) is 0 Å². The molecule has 6 heteroatoms. The van der Waals surface area contributed by atoms with Crippen molar-refractivity contribution in [2.24, 2.45) is 0 Å². The van der Waals surface area contributed by atoms with Crippen molar-refractivity contribution in [1.82, 2.24) is 9.55 Å². The van der Waals surface area contributed by atoms with Gasteiger partial charge in [-0.1, -0.05) is 13.8 Å². The van der Waals surface area contributed by atoms with Crippen molar-refractivity contribution < 1.29 is 13.5 Å². The third kappa shape index (κ3) is 2.73. The molecule has 0 N–H and O–H groups in total. The smallest absolute Gasteiger partial charge is 0.347 e. The van der Waals surface area contributed by atoms with Gasteiger partial charge in [0, 0.05) is 24.9 Å². The lowest BCUT2D eigenvalue weighted by Crippen LogP contribution is -2.25. The number of hydrogen-bond acceptors (Lipinski definition) is 3. The normalized spacial score (nSPS) is 11.0. The summed E-state index contributed by atoms with van der Waals surface area (Å²) in [5.74, 6) is -1.50. The Morgan fingerprint density at radius 2 is 1.86 bits per heavy atom. The van der Waals surface area contributed by atoms with E-state index in [1.807, 2.05) is 13.8 Å². The second-order valence-corrected chi connectivity index (χ2v) is 5.21. The molecule has 118 valence electrons. The van der Waals surface area contributed by atoms with Gasteiger partial charge in [0.1, 0.15) is 17.4 Å². The Labute approximate surface area is 127 Å². The van der Waals surface area contributed by atoms with Crippen LogP contribution in [0.25, 0.3) is 11.3 Å². The van der Waals surface area contributed by atoms with Crippen LogP contribution in [-0.4, -0.2) is 16.7 Å². The Morgan fingerprint density at radius 3 is 2.32 bits per heavy atom. The highest BCUT2D eigenvalue weighted by molar-refractivity contribution is 5.66. The lowest BCUT2D eigenvalue weighted by molar-refractivity contribution is 0.407. The molecular formula is C16H18F2N2O2. The predicted octanol–water partition coefficient (Wildman–Crippen LogP) is 3.34. The molecule has 0 aliphatic rings. The van der Waals surface area contributed by atoms with Crippen LogP contribution in [0.2, 0.25) is 0 Å². The van der Waals surface area contributed by atoms with Crippen LogP contribution in [0.1, 0.15) is 32.3 Å². The van der Waals surface area contributed by atoms with E-state index in [2.05, 4.69) is 4.98 Å². The summed E-state index contributed by atoms with van der Waals surface area (Å²) >= 11 is 0. The number of nitrogens with zero attached hydrogens (tertiary/aromatic N) is 2. The monoisotopic (exact) mass is 308 g/mol. The molecule has 1 aromatic carbocycles. The zero-order valence-corrected chi connectivity index (χ0v) is 13.0. The molecule has 0 amide bonds. The van der Waals surface area contributed by atoms with Crippen molar-refractivity contribution in [2.45, 2.75) is 33.2 Å². The fraction of sp³-hybridized carbons (Fsp3) is 0.375. The van der Waals surface area contributed by atoms with Gasteiger partial charge < -0.3 is 4.74 Å². The van der Waals surface area contributed by atoms with E-state index in [1.54, 1.807) is 6.92 Å². The summed E-state index contributed by atoms with van der Waals surface area (Å²) in [4.78, 5) is 15.7. The van der Waals surface area contributed by atoms with Crippen molar-refractivity contribution in [2.75, 3.05) is 7.11 Å². The van der Waals surface area contributed by atoms with E-state index in [1.165, 1.54) is 17.9 Å². The minimum Gasteiger partial charge on any atom is -0.497 e. The summed E-state index contributed by atoms with van der Waals surface area (Å²) in [6.45, 7) is 5.76. The van der Waals surface area contributed by atoms with Crippen molar-refractivity contribution >= 4 is 0 Å². The number of ether oxygens (including phenoxy) is 1. The van der Waals surface area contributed by atoms with E-state index in [9.17, 15) is 13.6 Å². The average Bonchev–Trinajstić information content (AvgIpc) is 2.46. The Balaban J connectivity index is 2.87. The van der Waals surface area contributed by atoms with Crippen LogP contribution in [0.4, 0.5) is 8.78 Å². The van der Waals surface area contributed by atoms with Gasteiger partial charge in [0.2, 0.25) is 0 Å². The quantitative estimate of drug-likeness (QED) is 0.870. The average molecular weight is 308 g/mol. The lowest BCUT2D eigenvalue weighted by atomic mass is 9.97. The molecule has 0 atom stereocenters. The molecular weight excluding hydrogens is 290 g/mol. The zero-order valence-electron chi connectivity index (χ0n) is 13.0. The molecule has 4 nitrogen and oxygen atoms in total. The minimum atomic E-state index is -0.772. The van der Waals surface area contributed by atoms with Gasteiger partial charge in [-0.15, -0.1) is 0 Å². The maximum atomic E-state index is 14.4. The van der Waals surface area contributed by atoms with Crippen molar-refractivity contribution in [1.29, 1.82) is 0 Å². The third-order valence-electron chi connectivity index (χ3n) is 3.51. The zero-order chi connectivity index (χ0) is 16.4. The molecule has 0 aliphatic heterocycles. The largest absolute Gasteiger partial charge is 0.497 e. The van der Waals surface area contributed by atoms with Crippen molar-refractivity contribution in [3.05, 3.63) is 46.0 Å². The molecule has 0 unspecified atom stereocenters. The first-order valence-corrected chi connectivity index (χ1v) is 7.03. The summed E-state index contributed by atoms with van der Waals surface area (Å²) in [5.41, 5.74) is 0.0851. The van der Waals surface area contributed by atoms with E-state index < -0.39 is 17.3 Å². The topological polar surface area (TPSA) is 44.1 Å². The van der Waals surface area contributed by atoms with Crippen LogP contribution >= 0.6 is 0 Å². The highest BCUT2D eigenvalue weighted by atomic mass is 19.1. The number of benzene rings is 1. The fourth-order valence-electron chi connectivity index (χ4n) is 2.40. The van der Waals surface area contributed by atoms with Crippen LogP contribution in [0.5, 0.6) is 5.75 Å². The number of rotatable bonds is 4. The molecule has 0 radical (unpaired) electrons. The number of aromatic nitrogens is 2. The Morgan fingerprint density at radius 1 is 1.27 bits per heavy atom. The van der Waals surface area contributed by atoms with Gasteiger partial charge in [0.15, 0.2) is 0 Å². The standard InChI is InChI=1S/C16H18F2N2O2/c1-5-20-15(11(9(2)3)8-19-16(20)21)14-12(17)6-10(22-4)7-13(14)18/h6-9H,5H2,1-4H3. The lowest BCUT2D eigenvalue weighted by Gasteiger charge is -2.18. The van der Waals surface area contributed by atoms with Crippen LogP contribution in [-0.2, 0) is 6.54 Å². The summed E-state index contributed by atoms with van der Waals surface area (Å²) in [5, 5.41) is 0. The molecule has 2 aromatic rings. The second kappa shape index (κ2) is 6.25. The van der Waals surface area contributed by atoms with Crippen LogP contribution in [0.15, 0.2) is 23.1 Å². The summed E-state index contributed by atoms with van der Waals surface area (Å²) in [7, 11) is 1.34. The van der Waals surface area contributed by atoms with E-state index in [4.69, 9.17) is 4.74 Å². The van der Waals surface area contributed by atoms with Crippen LogP contribution < -0.4 is 10.4 Å². The second-order valence-electron chi connectivity index (χ2n) is 5.21. The molecule has 1 aromatic heterocycles. The first-order chi connectivity index (χ1) is 10.4. The van der Waals surface area contributed by atoms with Crippen LogP contribution in [0, 0.1) is 11.6 Å². The Kier molecular flexibility index (Phi) is 4.59. The number of hydrogen-bond donors (Lipinski definition) is 0. The molecule has 2 rings (SSSR count). The van der Waals surface area contributed by atoms with Crippen molar-refractivity contribution in [3.63, 3.8) is 0 Å². The molecule has 0 saturated carbocycles. The van der Waals surface area contributed by atoms with E-state index in [0.29, 0.717) is 5.56 Å².